The zero-order valence-electron chi connectivity index (χ0n) is 2.50. The Morgan fingerprint density at radius 1 is 0.857 bits per heavy atom. The topological polar surface area (TPSA) is 0 Å². The SMILES string of the molecule is F.F[B-](F)(F)F.[KH]. The van der Waals surface area contributed by atoms with Crippen molar-refractivity contribution in [3.05, 3.63) is 0 Å². The van der Waals surface area contributed by atoms with Crippen LogP contribution in [0.1, 0.15) is 0 Å². The summed E-state index contributed by atoms with van der Waals surface area (Å²) < 4.78 is 39.0. The van der Waals surface area contributed by atoms with Crippen molar-refractivity contribution in [3.8, 4) is 0 Å². The second-order valence-corrected chi connectivity index (χ2v) is 0.495. The van der Waals surface area contributed by atoms with Crippen molar-refractivity contribution in [1.82, 2.24) is 0 Å². The Balaban J connectivity index is -0.0000000800. The first-order valence-corrected chi connectivity index (χ1v) is 0.873. The average molecular weight is 147 g/mol. The van der Waals surface area contributed by atoms with Crippen LogP contribution in [0.25, 0.3) is 0 Å². The summed E-state index contributed by atoms with van der Waals surface area (Å²) in [7, 11) is -6.00. The van der Waals surface area contributed by atoms with Crippen molar-refractivity contribution in [2.75, 3.05) is 0 Å². The van der Waals surface area contributed by atoms with Crippen LogP contribution in [-0.4, -0.2) is 58.6 Å². The Bertz CT molecular complexity index is 23.6. The van der Waals surface area contributed by atoms with Gasteiger partial charge >= 0.3 is 58.6 Å². The Labute approximate surface area is 79.5 Å². The van der Waals surface area contributed by atoms with E-state index in [-0.39, 0.29) is 56.1 Å². The monoisotopic (exact) mass is 147 g/mol. The number of hydrogen-bond donors (Lipinski definition) is 0. The van der Waals surface area contributed by atoms with Gasteiger partial charge in [-0.15, -0.1) is 0 Å². The zero-order valence-corrected chi connectivity index (χ0v) is 2.50. The van der Waals surface area contributed by atoms with Crippen molar-refractivity contribution < 1.29 is 22.0 Å². The summed E-state index contributed by atoms with van der Waals surface area (Å²) >= 11 is 0. The fraction of sp³-hybridized carbons (Fsp3) is 0. The molecule has 0 unspecified atom stereocenters. The third-order valence-electron chi connectivity index (χ3n) is 0. The maximum absolute atomic E-state index is 9.75. The van der Waals surface area contributed by atoms with Gasteiger partial charge in [0.2, 0.25) is 0 Å². The third-order valence-corrected chi connectivity index (χ3v) is 0. The molecule has 0 atom stereocenters. The van der Waals surface area contributed by atoms with E-state index in [1.807, 2.05) is 0 Å². The van der Waals surface area contributed by atoms with Crippen LogP contribution in [-0.2, 0) is 0 Å². The standard InChI is InChI=1S/BF4.FH.K.H/c2-1(3,4)5;;;/h;1H;;/q-1;;;. The minimum absolute atomic E-state index is 0. The molecule has 0 aromatic heterocycles. The predicted molar refractivity (Wildman–Crippen MR) is 19.8 cm³/mol. The summed E-state index contributed by atoms with van der Waals surface area (Å²) in [5.41, 5.74) is 0. The number of hydrogen-bond acceptors (Lipinski definition) is 0. The van der Waals surface area contributed by atoms with Crippen LogP contribution < -0.4 is 0 Å². The van der Waals surface area contributed by atoms with Crippen molar-refractivity contribution in [1.29, 1.82) is 0 Å². The van der Waals surface area contributed by atoms with Crippen molar-refractivity contribution >= 4 is 58.6 Å². The summed E-state index contributed by atoms with van der Waals surface area (Å²) in [5, 5.41) is 0. The summed E-state index contributed by atoms with van der Waals surface area (Å²) in [6, 6.07) is 0. The zero-order chi connectivity index (χ0) is 4.50. The van der Waals surface area contributed by atoms with Gasteiger partial charge in [0.25, 0.3) is 0 Å². The van der Waals surface area contributed by atoms with Gasteiger partial charge in [0, 0.05) is 0 Å². The molecule has 0 amide bonds. The second kappa shape index (κ2) is 5.49. The van der Waals surface area contributed by atoms with E-state index in [0.29, 0.717) is 0 Å². The van der Waals surface area contributed by atoms with Gasteiger partial charge < -0.3 is 17.3 Å². The first-order chi connectivity index (χ1) is 2.00. The Kier molecular flexibility index (Phi) is 12.4. The van der Waals surface area contributed by atoms with Crippen LogP contribution in [0, 0.1) is 0 Å². The Morgan fingerprint density at radius 3 is 0.857 bits per heavy atom. The summed E-state index contributed by atoms with van der Waals surface area (Å²) in [6.45, 7) is 0. The molecule has 0 N–H and O–H groups in total. The van der Waals surface area contributed by atoms with Gasteiger partial charge in [-0.2, -0.15) is 0 Å². The summed E-state index contributed by atoms with van der Waals surface area (Å²) in [6.07, 6.45) is 0. The molecule has 7 heteroatoms. The van der Waals surface area contributed by atoms with Gasteiger partial charge in [0.05, 0.1) is 0 Å². The van der Waals surface area contributed by atoms with Crippen LogP contribution in [0.5, 0.6) is 0 Å². The van der Waals surface area contributed by atoms with Crippen LogP contribution in [0.15, 0.2) is 0 Å². The van der Waals surface area contributed by atoms with Crippen molar-refractivity contribution in [3.63, 3.8) is 0 Å². The molecule has 0 aromatic carbocycles. The summed E-state index contributed by atoms with van der Waals surface area (Å²) in [5.74, 6) is 0. The van der Waals surface area contributed by atoms with Gasteiger partial charge in [-0.1, -0.05) is 0 Å². The molecule has 0 aliphatic heterocycles. The van der Waals surface area contributed by atoms with Gasteiger partial charge in [-0.05, 0) is 0 Å². The first-order valence-electron chi connectivity index (χ1n) is 0.873. The molecule has 0 aliphatic rings. The molecule has 7 heavy (non-hydrogen) atoms. The molecule has 0 fully saturated rings. The number of halogens is 5. The van der Waals surface area contributed by atoms with E-state index in [9.17, 15) is 17.3 Å². The molecule has 0 aliphatic carbocycles. The molecule has 0 radical (unpaired) electrons. The van der Waals surface area contributed by atoms with E-state index in [1.54, 1.807) is 0 Å². The normalized spacial score (nSPS) is 8.57. The maximum atomic E-state index is 9.75. The molecule has 0 bridgehead atoms. The molecule has 0 nitrogen and oxygen atoms in total. The molecular weight excluding hydrogens is 145 g/mol. The Hall–Kier alpha value is 1.35. The van der Waals surface area contributed by atoms with E-state index in [0.717, 1.165) is 0 Å². The molecule has 0 heterocycles. The quantitative estimate of drug-likeness (QED) is 0.351. The number of rotatable bonds is 0. The van der Waals surface area contributed by atoms with Gasteiger partial charge in [0.15, 0.2) is 0 Å². The van der Waals surface area contributed by atoms with Gasteiger partial charge in [0.1, 0.15) is 0 Å². The van der Waals surface area contributed by atoms with E-state index >= 15 is 0 Å². The molecule has 0 rings (SSSR count). The van der Waals surface area contributed by atoms with Crippen LogP contribution >= 0.6 is 0 Å². The third kappa shape index (κ3) is 115. The van der Waals surface area contributed by atoms with E-state index < -0.39 is 7.25 Å². The molecule has 42 valence electrons. The second-order valence-electron chi connectivity index (χ2n) is 0.495. The van der Waals surface area contributed by atoms with Crippen molar-refractivity contribution in [2.45, 2.75) is 0 Å². The average Bonchev–Trinajstić information content (AvgIpc) is 0.722. The van der Waals surface area contributed by atoms with Crippen molar-refractivity contribution in [2.24, 2.45) is 0 Å². The van der Waals surface area contributed by atoms with Crippen LogP contribution in [0.2, 0.25) is 0 Å². The van der Waals surface area contributed by atoms with Crippen LogP contribution in [0.4, 0.5) is 22.0 Å². The fourth-order valence-electron chi connectivity index (χ4n) is 0. The van der Waals surface area contributed by atoms with Gasteiger partial charge in [-0.25, -0.2) is 0 Å². The fourth-order valence-corrected chi connectivity index (χ4v) is 0. The molecule has 0 saturated heterocycles. The van der Waals surface area contributed by atoms with E-state index in [1.165, 1.54) is 0 Å². The van der Waals surface area contributed by atoms with E-state index in [2.05, 4.69) is 0 Å². The predicted octanol–water partition coefficient (Wildman–Crippen LogP) is 0.804. The molecular formula is H2BF5K-. The summed E-state index contributed by atoms with van der Waals surface area (Å²) in [4.78, 5) is 0. The molecule has 0 spiro atoms. The van der Waals surface area contributed by atoms with Gasteiger partial charge in [-0.3, -0.25) is 4.70 Å². The first kappa shape index (κ1) is 15.8. The van der Waals surface area contributed by atoms with Crippen LogP contribution in [0.3, 0.4) is 0 Å². The molecule has 0 aromatic rings. The minimum atomic E-state index is -6.00. The Morgan fingerprint density at radius 2 is 0.857 bits per heavy atom. The van der Waals surface area contributed by atoms with E-state index in [4.69, 9.17) is 0 Å². The molecule has 0 saturated carbocycles.